The monoisotopic (exact) mass is 448 g/mol. The topological polar surface area (TPSA) is 118 Å². The number of aryl methyl sites for hydroxylation is 1. The first-order valence-corrected chi connectivity index (χ1v) is 10.2. The summed E-state index contributed by atoms with van der Waals surface area (Å²) in [6, 6.07) is 8.19. The van der Waals surface area contributed by atoms with E-state index < -0.39 is 23.2 Å². The first kappa shape index (κ1) is 20.6. The summed E-state index contributed by atoms with van der Waals surface area (Å²) in [5, 5.41) is 14.2. The second-order valence-electron chi connectivity index (χ2n) is 7.99. The summed E-state index contributed by atoms with van der Waals surface area (Å²) in [7, 11) is 0. The molecule has 0 unspecified atom stereocenters. The van der Waals surface area contributed by atoms with Crippen molar-refractivity contribution in [3.05, 3.63) is 75.6 Å². The molecule has 9 nitrogen and oxygen atoms in total. The van der Waals surface area contributed by atoms with Gasteiger partial charge in [-0.1, -0.05) is 13.0 Å². The van der Waals surface area contributed by atoms with Crippen LogP contribution in [0.5, 0.6) is 0 Å². The van der Waals surface area contributed by atoms with E-state index in [4.69, 9.17) is 5.73 Å². The molecule has 4 heterocycles. The number of anilines is 2. The highest BCUT2D eigenvalue weighted by atomic mass is 19.1. The van der Waals surface area contributed by atoms with Gasteiger partial charge in [-0.25, -0.2) is 18.3 Å². The molecule has 2 N–H and O–H groups in total. The molecule has 11 heteroatoms. The van der Waals surface area contributed by atoms with Crippen molar-refractivity contribution in [2.75, 3.05) is 17.2 Å². The van der Waals surface area contributed by atoms with Crippen LogP contribution < -0.4 is 16.2 Å². The van der Waals surface area contributed by atoms with Crippen molar-refractivity contribution in [2.24, 2.45) is 5.92 Å². The standard InChI is InChI=1S/C22H18F2N8O/c1-11-10-30(19-15(9-25)12(2)27-22(26)28-19)17(11)20-29-31-7-6-16(24)18(31)21(33)32(20)14-5-3-4-13(23)8-14/h3-8,11,17H,10H2,1-2H3,(H2,26,27,28)/t11-,17-/m0/s1. The number of halogens is 2. The summed E-state index contributed by atoms with van der Waals surface area (Å²) >= 11 is 0. The van der Waals surface area contributed by atoms with Crippen LogP contribution >= 0.6 is 0 Å². The predicted molar refractivity (Wildman–Crippen MR) is 116 cm³/mol. The minimum Gasteiger partial charge on any atom is -0.368 e. The predicted octanol–water partition coefficient (Wildman–Crippen LogP) is 2.51. The molecule has 1 saturated heterocycles. The number of fused-ring (bicyclic) bond motifs is 1. The minimum absolute atomic E-state index is 0.0122. The van der Waals surface area contributed by atoms with Gasteiger partial charge >= 0.3 is 0 Å². The highest BCUT2D eigenvalue weighted by Crippen LogP contribution is 2.42. The van der Waals surface area contributed by atoms with Gasteiger partial charge in [0.1, 0.15) is 17.4 Å². The summed E-state index contributed by atoms with van der Waals surface area (Å²) in [6.07, 6.45) is 1.35. The van der Waals surface area contributed by atoms with Crippen molar-refractivity contribution in [1.29, 1.82) is 5.26 Å². The van der Waals surface area contributed by atoms with Gasteiger partial charge in [0.05, 0.1) is 17.4 Å². The first-order valence-electron chi connectivity index (χ1n) is 10.2. The number of nitrogens with zero attached hydrogens (tertiary/aromatic N) is 7. The molecule has 0 radical (unpaired) electrons. The lowest BCUT2D eigenvalue weighted by atomic mass is 9.88. The third-order valence-corrected chi connectivity index (χ3v) is 5.82. The number of nitrogen functional groups attached to an aromatic ring is 1. The van der Waals surface area contributed by atoms with Crippen LogP contribution in [-0.2, 0) is 0 Å². The molecule has 1 fully saturated rings. The van der Waals surface area contributed by atoms with E-state index in [-0.39, 0.29) is 34.5 Å². The maximum atomic E-state index is 14.4. The average Bonchev–Trinajstić information content (AvgIpc) is 3.12. The fraction of sp³-hybridized carbons (Fsp3) is 0.227. The Hall–Kier alpha value is -4.33. The molecule has 1 aliphatic rings. The van der Waals surface area contributed by atoms with E-state index >= 15 is 0 Å². The van der Waals surface area contributed by atoms with Gasteiger partial charge in [0.15, 0.2) is 23.0 Å². The van der Waals surface area contributed by atoms with Crippen LogP contribution in [0, 0.1) is 35.8 Å². The molecule has 0 aliphatic carbocycles. The van der Waals surface area contributed by atoms with Crippen molar-refractivity contribution < 1.29 is 8.78 Å². The Morgan fingerprint density at radius 2 is 2.03 bits per heavy atom. The van der Waals surface area contributed by atoms with Gasteiger partial charge in [-0.15, -0.1) is 0 Å². The zero-order valence-electron chi connectivity index (χ0n) is 17.7. The number of hydrogen-bond donors (Lipinski definition) is 1. The quantitative estimate of drug-likeness (QED) is 0.512. The first-order chi connectivity index (χ1) is 15.8. The molecule has 0 amide bonds. The summed E-state index contributed by atoms with van der Waals surface area (Å²) in [5.74, 6) is -0.703. The van der Waals surface area contributed by atoms with Crippen LogP contribution in [0.3, 0.4) is 0 Å². The Bertz CT molecular complexity index is 1520. The van der Waals surface area contributed by atoms with E-state index in [9.17, 15) is 18.8 Å². The van der Waals surface area contributed by atoms with E-state index in [1.165, 1.54) is 33.5 Å². The molecular formula is C22H18F2N8O. The second kappa shape index (κ2) is 7.37. The molecule has 0 bridgehead atoms. The van der Waals surface area contributed by atoms with Gasteiger partial charge in [0, 0.05) is 18.7 Å². The van der Waals surface area contributed by atoms with Gasteiger partial charge in [0.25, 0.3) is 5.56 Å². The molecule has 3 aromatic heterocycles. The SMILES string of the molecule is Cc1nc(N)nc(N2C[C@H](C)[C@H]2c2nn3ccc(F)c3c(=O)n2-c2cccc(F)c2)c1C#N. The van der Waals surface area contributed by atoms with Gasteiger partial charge in [0.2, 0.25) is 5.95 Å². The molecule has 5 rings (SSSR count). The van der Waals surface area contributed by atoms with Gasteiger partial charge < -0.3 is 10.6 Å². The van der Waals surface area contributed by atoms with Crippen LogP contribution in [0.1, 0.15) is 30.0 Å². The van der Waals surface area contributed by atoms with Gasteiger partial charge in [-0.2, -0.15) is 15.3 Å². The molecule has 0 saturated carbocycles. The van der Waals surface area contributed by atoms with Crippen LogP contribution in [0.25, 0.3) is 11.2 Å². The Kier molecular flexibility index (Phi) is 4.59. The lowest BCUT2D eigenvalue weighted by Crippen LogP contribution is -2.52. The van der Waals surface area contributed by atoms with Crippen molar-refractivity contribution in [1.82, 2.24) is 24.1 Å². The van der Waals surface area contributed by atoms with Crippen molar-refractivity contribution in [3.63, 3.8) is 0 Å². The lowest BCUT2D eigenvalue weighted by molar-refractivity contribution is 0.300. The molecular weight excluding hydrogens is 430 g/mol. The summed E-state index contributed by atoms with van der Waals surface area (Å²) in [4.78, 5) is 23.5. The van der Waals surface area contributed by atoms with Crippen molar-refractivity contribution in [3.8, 4) is 11.8 Å². The van der Waals surface area contributed by atoms with Crippen LogP contribution in [0.15, 0.2) is 41.3 Å². The molecule has 33 heavy (non-hydrogen) atoms. The number of nitriles is 1. The summed E-state index contributed by atoms with van der Waals surface area (Å²) in [5.41, 5.74) is 5.81. The third kappa shape index (κ3) is 3.10. The fourth-order valence-corrected chi connectivity index (χ4v) is 4.33. The van der Waals surface area contributed by atoms with Crippen molar-refractivity contribution >= 4 is 17.3 Å². The van der Waals surface area contributed by atoms with E-state index in [1.54, 1.807) is 17.9 Å². The maximum absolute atomic E-state index is 14.4. The molecule has 0 spiro atoms. The number of benzene rings is 1. The normalized spacial score (nSPS) is 17.7. The lowest BCUT2D eigenvalue weighted by Gasteiger charge is -2.47. The maximum Gasteiger partial charge on any atom is 0.285 e. The van der Waals surface area contributed by atoms with Crippen LogP contribution in [0.2, 0.25) is 0 Å². The average molecular weight is 448 g/mol. The number of nitrogens with two attached hydrogens (primary N) is 1. The molecule has 1 aromatic carbocycles. The smallest absolute Gasteiger partial charge is 0.285 e. The second-order valence-corrected chi connectivity index (χ2v) is 7.99. The number of aromatic nitrogens is 5. The Balaban J connectivity index is 1.77. The highest BCUT2D eigenvalue weighted by Gasteiger charge is 2.43. The molecule has 166 valence electrons. The van der Waals surface area contributed by atoms with Gasteiger partial charge in [-0.05, 0) is 31.2 Å². The third-order valence-electron chi connectivity index (χ3n) is 5.82. The largest absolute Gasteiger partial charge is 0.368 e. The van der Waals surface area contributed by atoms with E-state index in [1.807, 2.05) is 6.92 Å². The summed E-state index contributed by atoms with van der Waals surface area (Å²) in [6.45, 7) is 4.12. The van der Waals surface area contributed by atoms with E-state index in [2.05, 4.69) is 21.1 Å². The Morgan fingerprint density at radius 1 is 1.24 bits per heavy atom. The number of hydrogen-bond acceptors (Lipinski definition) is 7. The minimum atomic E-state index is -0.728. The van der Waals surface area contributed by atoms with Crippen LogP contribution in [-0.4, -0.2) is 30.7 Å². The Labute approximate surface area is 186 Å². The molecule has 2 atom stereocenters. The zero-order valence-corrected chi connectivity index (χ0v) is 17.7. The van der Waals surface area contributed by atoms with Crippen LogP contribution in [0.4, 0.5) is 20.5 Å². The fourth-order valence-electron chi connectivity index (χ4n) is 4.33. The number of rotatable bonds is 3. The highest BCUT2D eigenvalue weighted by molar-refractivity contribution is 5.61. The molecule has 4 aromatic rings. The van der Waals surface area contributed by atoms with E-state index in [0.29, 0.717) is 18.1 Å². The zero-order chi connectivity index (χ0) is 23.4. The van der Waals surface area contributed by atoms with Gasteiger partial charge in [-0.3, -0.25) is 9.36 Å². The van der Waals surface area contributed by atoms with Crippen molar-refractivity contribution in [2.45, 2.75) is 19.9 Å². The van der Waals surface area contributed by atoms with E-state index in [0.717, 1.165) is 6.07 Å². The summed E-state index contributed by atoms with van der Waals surface area (Å²) < 4.78 is 30.8. The molecule has 1 aliphatic heterocycles. The Morgan fingerprint density at radius 3 is 2.73 bits per heavy atom.